The van der Waals surface area contributed by atoms with E-state index < -0.39 is 0 Å². The molecule has 0 spiro atoms. The van der Waals surface area contributed by atoms with Crippen molar-refractivity contribution in [1.29, 1.82) is 0 Å². The van der Waals surface area contributed by atoms with Crippen LogP contribution in [-0.2, 0) is 4.79 Å². The normalized spacial score (nSPS) is 20.8. The maximum atomic E-state index is 12.1. The van der Waals surface area contributed by atoms with Crippen molar-refractivity contribution in [3.63, 3.8) is 0 Å². The van der Waals surface area contributed by atoms with Crippen LogP contribution in [0.2, 0.25) is 0 Å². The largest absolute Gasteiger partial charge is 0.345 e. The standard InChI is InChI=1S/C12H25N3O/c1-10(8-13)9-15(3)12(16)11-4-6-14(2)7-5-11/h10-11H,4-9,13H2,1-3H3. The van der Waals surface area contributed by atoms with Crippen LogP contribution >= 0.6 is 0 Å². The molecule has 0 aromatic carbocycles. The Morgan fingerprint density at radius 1 is 1.50 bits per heavy atom. The molecule has 0 aromatic rings. The Hall–Kier alpha value is -0.610. The summed E-state index contributed by atoms with van der Waals surface area (Å²) in [7, 11) is 4.01. The Kier molecular flexibility index (Phi) is 5.22. The molecule has 1 amide bonds. The summed E-state index contributed by atoms with van der Waals surface area (Å²) < 4.78 is 0. The average molecular weight is 227 g/mol. The number of carbonyl (C=O) groups excluding carboxylic acids is 1. The maximum absolute atomic E-state index is 12.1. The lowest BCUT2D eigenvalue weighted by Gasteiger charge is -2.31. The molecule has 1 saturated heterocycles. The Labute approximate surface area is 98.8 Å². The van der Waals surface area contributed by atoms with Crippen LogP contribution in [0.4, 0.5) is 0 Å². The van der Waals surface area contributed by atoms with Crippen LogP contribution in [0, 0.1) is 11.8 Å². The second kappa shape index (κ2) is 6.21. The summed E-state index contributed by atoms with van der Waals surface area (Å²) >= 11 is 0. The van der Waals surface area contributed by atoms with E-state index in [0.29, 0.717) is 18.4 Å². The Morgan fingerprint density at radius 2 is 2.06 bits per heavy atom. The summed E-state index contributed by atoms with van der Waals surface area (Å²) in [6.45, 7) is 5.58. The molecular weight excluding hydrogens is 202 g/mol. The van der Waals surface area contributed by atoms with Gasteiger partial charge in [0.05, 0.1) is 0 Å². The Bertz CT molecular complexity index is 224. The first-order valence-corrected chi connectivity index (χ1v) is 6.18. The van der Waals surface area contributed by atoms with Gasteiger partial charge in [-0.25, -0.2) is 0 Å². The van der Waals surface area contributed by atoms with Gasteiger partial charge in [0.25, 0.3) is 0 Å². The van der Waals surface area contributed by atoms with Crippen LogP contribution in [0.1, 0.15) is 19.8 Å². The molecule has 4 nitrogen and oxygen atoms in total. The topological polar surface area (TPSA) is 49.6 Å². The zero-order valence-electron chi connectivity index (χ0n) is 10.8. The highest BCUT2D eigenvalue weighted by Gasteiger charge is 2.26. The van der Waals surface area contributed by atoms with Gasteiger partial charge in [0, 0.05) is 19.5 Å². The van der Waals surface area contributed by atoms with Crippen LogP contribution in [0.5, 0.6) is 0 Å². The van der Waals surface area contributed by atoms with Gasteiger partial charge in [0.15, 0.2) is 0 Å². The van der Waals surface area contributed by atoms with E-state index in [1.165, 1.54) is 0 Å². The molecule has 1 heterocycles. The molecule has 0 bridgehead atoms. The van der Waals surface area contributed by atoms with E-state index in [4.69, 9.17) is 5.73 Å². The highest BCUT2D eigenvalue weighted by Crippen LogP contribution is 2.18. The molecule has 1 aliphatic rings. The predicted molar refractivity (Wildman–Crippen MR) is 66.1 cm³/mol. The van der Waals surface area contributed by atoms with Crippen molar-refractivity contribution < 1.29 is 4.79 Å². The zero-order chi connectivity index (χ0) is 12.1. The quantitative estimate of drug-likeness (QED) is 0.755. The van der Waals surface area contributed by atoms with Crippen LogP contribution in [0.15, 0.2) is 0 Å². The van der Waals surface area contributed by atoms with Gasteiger partial charge in [-0.15, -0.1) is 0 Å². The molecule has 0 radical (unpaired) electrons. The molecule has 1 atom stereocenters. The van der Waals surface area contributed by atoms with E-state index in [0.717, 1.165) is 32.5 Å². The number of carbonyl (C=O) groups is 1. The van der Waals surface area contributed by atoms with Crippen molar-refractivity contribution in [2.24, 2.45) is 17.6 Å². The van der Waals surface area contributed by atoms with Crippen LogP contribution in [0.25, 0.3) is 0 Å². The van der Waals surface area contributed by atoms with Gasteiger partial charge in [-0.3, -0.25) is 4.79 Å². The molecule has 2 N–H and O–H groups in total. The van der Waals surface area contributed by atoms with E-state index in [2.05, 4.69) is 18.9 Å². The van der Waals surface area contributed by atoms with Crippen LogP contribution in [0.3, 0.4) is 0 Å². The van der Waals surface area contributed by atoms with Crippen molar-refractivity contribution in [2.75, 3.05) is 40.3 Å². The van der Waals surface area contributed by atoms with E-state index in [1.54, 1.807) is 0 Å². The minimum atomic E-state index is 0.228. The van der Waals surface area contributed by atoms with Crippen molar-refractivity contribution in [1.82, 2.24) is 9.80 Å². The number of hydrogen-bond donors (Lipinski definition) is 1. The number of hydrogen-bond acceptors (Lipinski definition) is 3. The summed E-state index contributed by atoms with van der Waals surface area (Å²) in [6, 6.07) is 0. The summed E-state index contributed by atoms with van der Waals surface area (Å²) in [5.74, 6) is 0.916. The zero-order valence-corrected chi connectivity index (χ0v) is 10.8. The molecular formula is C12H25N3O. The summed E-state index contributed by atoms with van der Waals surface area (Å²) in [5.41, 5.74) is 5.57. The smallest absolute Gasteiger partial charge is 0.225 e. The lowest BCUT2D eigenvalue weighted by molar-refractivity contribution is -0.136. The fourth-order valence-electron chi connectivity index (χ4n) is 2.20. The third kappa shape index (κ3) is 3.76. The van der Waals surface area contributed by atoms with Gasteiger partial charge >= 0.3 is 0 Å². The number of piperidine rings is 1. The second-order valence-corrected chi connectivity index (χ2v) is 5.14. The average Bonchev–Trinajstić information content (AvgIpc) is 2.28. The minimum Gasteiger partial charge on any atom is -0.345 e. The number of amides is 1. The van der Waals surface area contributed by atoms with Gasteiger partial charge in [0.1, 0.15) is 0 Å². The summed E-state index contributed by atoms with van der Waals surface area (Å²) in [6.07, 6.45) is 1.99. The number of nitrogens with two attached hydrogens (primary N) is 1. The summed E-state index contributed by atoms with van der Waals surface area (Å²) in [4.78, 5) is 16.3. The highest BCUT2D eigenvalue weighted by atomic mass is 16.2. The van der Waals surface area contributed by atoms with E-state index >= 15 is 0 Å². The molecule has 0 aromatic heterocycles. The van der Waals surface area contributed by atoms with Gasteiger partial charge < -0.3 is 15.5 Å². The van der Waals surface area contributed by atoms with E-state index in [9.17, 15) is 4.79 Å². The van der Waals surface area contributed by atoms with Gasteiger partial charge in [0.2, 0.25) is 5.91 Å². The van der Waals surface area contributed by atoms with Crippen LogP contribution in [-0.4, -0.2) is 56.0 Å². The number of likely N-dealkylation sites (tertiary alicyclic amines) is 1. The molecule has 1 fully saturated rings. The maximum Gasteiger partial charge on any atom is 0.225 e. The first-order valence-electron chi connectivity index (χ1n) is 6.18. The summed E-state index contributed by atoms with van der Waals surface area (Å²) in [5, 5.41) is 0. The molecule has 1 aliphatic heterocycles. The number of nitrogens with zero attached hydrogens (tertiary/aromatic N) is 2. The van der Waals surface area contributed by atoms with Gasteiger partial charge in [-0.2, -0.15) is 0 Å². The first kappa shape index (κ1) is 13.5. The fraction of sp³-hybridized carbons (Fsp3) is 0.917. The highest BCUT2D eigenvalue weighted by molar-refractivity contribution is 5.78. The lowest BCUT2D eigenvalue weighted by Crippen LogP contribution is -2.41. The minimum absolute atomic E-state index is 0.228. The van der Waals surface area contributed by atoms with Crippen LogP contribution < -0.4 is 5.73 Å². The predicted octanol–water partition coefficient (Wildman–Crippen LogP) is 0.381. The van der Waals surface area contributed by atoms with Crippen molar-refractivity contribution >= 4 is 5.91 Å². The molecule has 94 valence electrons. The molecule has 0 aliphatic carbocycles. The van der Waals surface area contributed by atoms with Gasteiger partial charge in [-0.05, 0) is 45.4 Å². The van der Waals surface area contributed by atoms with E-state index in [-0.39, 0.29) is 5.92 Å². The van der Waals surface area contributed by atoms with E-state index in [1.807, 2.05) is 11.9 Å². The van der Waals surface area contributed by atoms with Crippen molar-refractivity contribution in [3.05, 3.63) is 0 Å². The molecule has 0 saturated carbocycles. The monoisotopic (exact) mass is 227 g/mol. The van der Waals surface area contributed by atoms with Crippen molar-refractivity contribution in [2.45, 2.75) is 19.8 Å². The Balaban J connectivity index is 2.38. The second-order valence-electron chi connectivity index (χ2n) is 5.14. The molecule has 4 heteroatoms. The SMILES string of the molecule is CC(CN)CN(C)C(=O)C1CCN(C)CC1. The first-order chi connectivity index (χ1) is 7.54. The molecule has 16 heavy (non-hydrogen) atoms. The number of rotatable bonds is 4. The third-order valence-electron chi connectivity index (χ3n) is 3.43. The van der Waals surface area contributed by atoms with Gasteiger partial charge in [-0.1, -0.05) is 6.92 Å². The third-order valence-corrected chi connectivity index (χ3v) is 3.43. The Morgan fingerprint density at radius 3 is 2.56 bits per heavy atom. The fourth-order valence-corrected chi connectivity index (χ4v) is 2.20. The lowest BCUT2D eigenvalue weighted by atomic mass is 9.95. The van der Waals surface area contributed by atoms with Crippen molar-refractivity contribution in [3.8, 4) is 0 Å². The molecule has 1 rings (SSSR count). The molecule has 1 unspecified atom stereocenters.